The van der Waals surface area contributed by atoms with Crippen LogP contribution >= 0.6 is 22.7 Å². The summed E-state index contributed by atoms with van der Waals surface area (Å²) in [6, 6.07) is 8.29. The van der Waals surface area contributed by atoms with E-state index in [0.29, 0.717) is 0 Å². The van der Waals surface area contributed by atoms with Gasteiger partial charge in [-0.25, -0.2) is 0 Å². The van der Waals surface area contributed by atoms with Crippen molar-refractivity contribution in [3.05, 3.63) is 21.9 Å². The van der Waals surface area contributed by atoms with Crippen molar-refractivity contribution in [2.45, 2.75) is 156 Å². The summed E-state index contributed by atoms with van der Waals surface area (Å²) in [6.45, 7) is 11.8. The first-order valence-electron chi connectivity index (χ1n) is 15.8. The fourth-order valence-electron chi connectivity index (χ4n) is 6.69. The summed E-state index contributed by atoms with van der Waals surface area (Å²) >= 11 is 4.19. The molecule has 2 aromatic heterocycles. The van der Waals surface area contributed by atoms with Crippen molar-refractivity contribution in [2.75, 3.05) is 0 Å². The van der Waals surface area contributed by atoms with Crippen LogP contribution in [0.4, 0.5) is 0 Å². The summed E-state index contributed by atoms with van der Waals surface area (Å²) in [5, 5.41) is 3.69. The quantitative estimate of drug-likeness (QED) is 0.115. The van der Waals surface area contributed by atoms with Gasteiger partial charge in [-0.2, -0.15) is 0 Å². The van der Waals surface area contributed by atoms with E-state index >= 15 is 0 Å². The lowest BCUT2D eigenvalue weighted by molar-refractivity contribution is 0.486. The van der Waals surface area contributed by atoms with E-state index in [0.717, 1.165) is 5.92 Å². The smallest absolute Gasteiger partial charge is 0.122 e. The highest BCUT2D eigenvalue weighted by Gasteiger charge is 2.48. The minimum Gasteiger partial charge on any atom is -0.140 e. The second kappa shape index (κ2) is 15.9. The lowest BCUT2D eigenvalue weighted by Gasteiger charge is -2.33. The Morgan fingerprint density at radius 3 is 1.50 bits per heavy atom. The first-order valence-corrected chi connectivity index (χ1v) is 19.8. The van der Waals surface area contributed by atoms with Crippen LogP contribution in [0.2, 0.25) is 12.1 Å². The van der Waals surface area contributed by atoms with E-state index in [-0.39, 0.29) is 0 Å². The molecular formula is C33H56S2Si. The number of unbranched alkanes of at least 4 members (excludes halogenated alkanes) is 13. The molecule has 3 heteroatoms. The Hall–Kier alpha value is -0.383. The van der Waals surface area contributed by atoms with Gasteiger partial charge >= 0.3 is 0 Å². The van der Waals surface area contributed by atoms with Crippen LogP contribution in [0.5, 0.6) is 0 Å². The molecule has 1 aliphatic heterocycles. The van der Waals surface area contributed by atoms with Crippen LogP contribution in [0.15, 0.2) is 12.1 Å². The van der Waals surface area contributed by atoms with Gasteiger partial charge in [0.15, 0.2) is 0 Å². The molecule has 3 heterocycles. The summed E-state index contributed by atoms with van der Waals surface area (Å²) < 4.78 is 0. The maximum absolute atomic E-state index is 2.64. The van der Waals surface area contributed by atoms with E-state index in [1.807, 2.05) is 10.4 Å². The minimum atomic E-state index is -1.65. The second-order valence-electron chi connectivity index (χ2n) is 11.9. The van der Waals surface area contributed by atoms with Crippen LogP contribution in [0, 0.1) is 19.8 Å². The number of hydrogen-bond donors (Lipinski definition) is 0. The summed E-state index contributed by atoms with van der Waals surface area (Å²) in [5.74, 6) is 0.915. The lowest BCUT2D eigenvalue weighted by atomic mass is 10.0. The summed E-state index contributed by atoms with van der Waals surface area (Å²) in [5.41, 5.74) is 0. The van der Waals surface area contributed by atoms with Crippen LogP contribution < -0.4 is 10.4 Å². The van der Waals surface area contributed by atoms with Gasteiger partial charge in [0.1, 0.15) is 8.07 Å². The molecular weight excluding hydrogens is 489 g/mol. The third-order valence-electron chi connectivity index (χ3n) is 8.84. The molecule has 0 aromatic carbocycles. The van der Waals surface area contributed by atoms with Crippen LogP contribution in [0.25, 0.3) is 9.75 Å². The molecule has 1 aliphatic rings. The van der Waals surface area contributed by atoms with Crippen LogP contribution in [0.3, 0.4) is 0 Å². The summed E-state index contributed by atoms with van der Waals surface area (Å²) in [7, 11) is -1.65. The number of hydrogen-bond acceptors (Lipinski definition) is 2. The molecule has 0 saturated carbocycles. The van der Waals surface area contributed by atoms with E-state index in [1.165, 1.54) is 121 Å². The predicted molar refractivity (Wildman–Crippen MR) is 171 cm³/mol. The molecule has 3 rings (SSSR count). The van der Waals surface area contributed by atoms with Crippen LogP contribution in [-0.4, -0.2) is 8.07 Å². The van der Waals surface area contributed by atoms with Gasteiger partial charge in [0.25, 0.3) is 0 Å². The molecule has 0 nitrogen and oxygen atoms in total. The van der Waals surface area contributed by atoms with Crippen molar-refractivity contribution in [3.63, 3.8) is 0 Å². The number of aryl methyl sites for hydroxylation is 2. The van der Waals surface area contributed by atoms with Crippen molar-refractivity contribution in [1.29, 1.82) is 0 Å². The van der Waals surface area contributed by atoms with E-state index < -0.39 is 8.07 Å². The molecule has 36 heavy (non-hydrogen) atoms. The van der Waals surface area contributed by atoms with E-state index in [9.17, 15) is 0 Å². The third kappa shape index (κ3) is 8.06. The number of fused-ring (bicyclic) bond motifs is 3. The second-order valence-corrected chi connectivity index (χ2v) is 18.6. The SMILES string of the molecule is CCCCCCCCCCCCCCC[Si]1(CC(CC)CCCC)c2cc(C)sc2-c2sc(C)cc21. The first kappa shape index (κ1) is 30.2. The maximum Gasteiger partial charge on any atom is 0.122 e. The van der Waals surface area contributed by atoms with Crippen molar-refractivity contribution in [3.8, 4) is 9.75 Å². The normalized spacial score (nSPS) is 14.8. The molecule has 0 bridgehead atoms. The van der Waals surface area contributed by atoms with E-state index in [1.54, 1.807) is 19.5 Å². The zero-order valence-corrected chi connectivity index (χ0v) is 27.1. The third-order valence-corrected chi connectivity index (χ3v) is 16.8. The average Bonchev–Trinajstić information content (AvgIpc) is 3.51. The standard InChI is InChI=1S/C33H56S2Si/c1-6-9-11-12-13-14-15-16-17-18-19-20-21-23-36(26-29(8-3)22-10-7-2)30-24-27(4)34-32(30)33-31(36)25-28(5)35-33/h24-25,29H,6-23,26H2,1-5H3. The Balaban J connectivity index is 1.54. The topological polar surface area (TPSA) is 0 Å². The minimum absolute atomic E-state index is 0.915. The Bertz CT molecular complexity index is 830. The van der Waals surface area contributed by atoms with Crippen molar-refractivity contribution in [1.82, 2.24) is 0 Å². The van der Waals surface area contributed by atoms with Crippen molar-refractivity contribution < 1.29 is 0 Å². The molecule has 0 spiro atoms. The van der Waals surface area contributed by atoms with Crippen LogP contribution in [0.1, 0.15) is 140 Å². The van der Waals surface area contributed by atoms with Crippen molar-refractivity contribution in [2.24, 2.45) is 5.92 Å². The number of thiophene rings is 2. The van der Waals surface area contributed by atoms with Crippen LogP contribution in [-0.2, 0) is 0 Å². The first-order chi connectivity index (χ1) is 17.6. The van der Waals surface area contributed by atoms with Crippen molar-refractivity contribution >= 4 is 41.1 Å². The number of rotatable bonds is 20. The van der Waals surface area contributed by atoms with Gasteiger partial charge in [-0.3, -0.25) is 0 Å². The largest absolute Gasteiger partial charge is 0.140 e. The van der Waals surface area contributed by atoms with Gasteiger partial charge in [-0.05, 0) is 54.4 Å². The van der Waals surface area contributed by atoms with Gasteiger partial charge in [-0.1, -0.05) is 130 Å². The molecule has 2 aromatic rings. The zero-order chi connectivity index (χ0) is 25.8. The van der Waals surface area contributed by atoms with Gasteiger partial charge in [0, 0.05) is 19.5 Å². The molecule has 0 amide bonds. The van der Waals surface area contributed by atoms with E-state index in [2.05, 4.69) is 69.4 Å². The molecule has 0 N–H and O–H groups in total. The molecule has 0 fully saturated rings. The van der Waals surface area contributed by atoms with Gasteiger partial charge < -0.3 is 0 Å². The maximum atomic E-state index is 2.64. The fraction of sp³-hybridized carbons (Fsp3) is 0.758. The Morgan fingerprint density at radius 1 is 0.611 bits per heavy atom. The molecule has 1 atom stereocenters. The van der Waals surface area contributed by atoms with E-state index in [4.69, 9.17) is 0 Å². The molecule has 204 valence electrons. The molecule has 0 saturated heterocycles. The van der Waals surface area contributed by atoms with Gasteiger partial charge in [0.2, 0.25) is 0 Å². The fourth-order valence-corrected chi connectivity index (χ4v) is 16.5. The summed E-state index contributed by atoms with van der Waals surface area (Å²) in [6.07, 6.45) is 24.5. The highest BCUT2D eigenvalue weighted by atomic mass is 32.1. The summed E-state index contributed by atoms with van der Waals surface area (Å²) in [4.78, 5) is 6.46. The average molecular weight is 545 g/mol. The Labute approximate surface area is 233 Å². The monoisotopic (exact) mass is 544 g/mol. The molecule has 0 aliphatic carbocycles. The molecule has 0 radical (unpaired) electrons. The highest BCUT2D eigenvalue weighted by Crippen LogP contribution is 2.44. The lowest BCUT2D eigenvalue weighted by Crippen LogP contribution is -2.55. The Kier molecular flexibility index (Phi) is 13.3. The predicted octanol–water partition coefficient (Wildman–Crippen LogP) is 11.3. The zero-order valence-electron chi connectivity index (χ0n) is 24.5. The highest BCUT2D eigenvalue weighted by molar-refractivity contribution is 7.29. The molecule has 1 unspecified atom stereocenters. The van der Waals surface area contributed by atoms with Gasteiger partial charge in [-0.15, -0.1) is 22.7 Å². The van der Waals surface area contributed by atoms with Gasteiger partial charge in [0.05, 0.1) is 0 Å². The Morgan fingerprint density at radius 2 is 1.06 bits per heavy atom.